The zero-order valence-electron chi connectivity index (χ0n) is 8.67. The molecule has 0 bridgehead atoms. The van der Waals surface area contributed by atoms with Gasteiger partial charge in [0.2, 0.25) is 5.89 Å². The van der Waals surface area contributed by atoms with E-state index in [0.717, 1.165) is 0 Å². The van der Waals surface area contributed by atoms with Crippen molar-refractivity contribution in [2.45, 2.75) is 31.3 Å². The normalized spacial score (nSPS) is 14.3. The molecule has 98 valence electrons. The third-order valence-corrected chi connectivity index (χ3v) is 1.86. The van der Waals surface area contributed by atoms with Crippen molar-refractivity contribution >= 4 is 11.6 Å². The van der Waals surface area contributed by atoms with Gasteiger partial charge in [0, 0.05) is 0 Å². The smallest absolute Gasteiger partial charge is 0.330 e. The van der Waals surface area contributed by atoms with E-state index in [0.29, 0.717) is 0 Å². The lowest BCUT2D eigenvalue weighted by Gasteiger charge is -2.14. The summed E-state index contributed by atoms with van der Waals surface area (Å²) in [5.74, 6) is -4.12. The molecule has 0 amide bonds. The molecule has 0 aliphatic carbocycles. The zero-order chi connectivity index (χ0) is 13.1. The molecule has 0 saturated carbocycles. The minimum absolute atomic E-state index is 0.0300. The van der Waals surface area contributed by atoms with Crippen molar-refractivity contribution in [3.63, 3.8) is 0 Å². The van der Waals surface area contributed by atoms with Gasteiger partial charge in [0.25, 0.3) is 0 Å². The fraction of sp³-hybridized carbons (Fsp3) is 0.750. The van der Waals surface area contributed by atoms with Crippen LogP contribution in [0.15, 0.2) is 4.52 Å². The number of hydrogen-bond donors (Lipinski definition) is 0. The van der Waals surface area contributed by atoms with Gasteiger partial charge in [-0.15, -0.1) is 11.6 Å². The molecule has 1 heterocycles. The fourth-order valence-electron chi connectivity index (χ4n) is 0.829. The van der Waals surface area contributed by atoms with E-state index in [-0.39, 0.29) is 11.7 Å². The summed E-state index contributed by atoms with van der Waals surface area (Å²) < 4.78 is 57.4. The lowest BCUT2D eigenvalue weighted by molar-refractivity contribution is -0.168. The summed E-state index contributed by atoms with van der Waals surface area (Å²) in [6.07, 6.45) is -3.77. The number of halogens is 5. The summed E-state index contributed by atoms with van der Waals surface area (Å²) >= 11 is 5.61. The topological polar surface area (TPSA) is 48.2 Å². The second kappa shape index (κ2) is 5.63. The average molecular weight is 277 g/mol. The molecule has 1 atom stereocenters. The highest BCUT2D eigenvalue weighted by atomic mass is 35.5. The molecule has 0 aliphatic heterocycles. The van der Waals surface area contributed by atoms with Gasteiger partial charge in [0.05, 0.1) is 0 Å². The number of nitrogens with zero attached hydrogens (tertiary/aromatic N) is 2. The molecule has 0 aliphatic rings. The highest BCUT2D eigenvalue weighted by Gasteiger charge is 2.41. The summed E-state index contributed by atoms with van der Waals surface area (Å²) in [7, 11) is 0. The molecular weight excluding hydrogens is 268 g/mol. The van der Waals surface area contributed by atoms with Crippen LogP contribution < -0.4 is 0 Å². The van der Waals surface area contributed by atoms with Crippen LogP contribution in [0.4, 0.5) is 17.6 Å². The van der Waals surface area contributed by atoms with Gasteiger partial charge in [0.1, 0.15) is 18.6 Å². The Morgan fingerprint density at radius 1 is 1.47 bits per heavy atom. The molecule has 0 spiro atoms. The molecule has 1 unspecified atom stereocenters. The third-order valence-electron chi connectivity index (χ3n) is 1.67. The van der Waals surface area contributed by atoms with E-state index in [1.165, 1.54) is 0 Å². The molecule has 0 N–H and O–H groups in total. The predicted molar refractivity (Wildman–Crippen MR) is 49.2 cm³/mol. The average Bonchev–Trinajstić information content (AvgIpc) is 2.66. The second-order valence-corrected chi connectivity index (χ2v) is 3.87. The molecule has 9 heteroatoms. The van der Waals surface area contributed by atoms with Crippen molar-refractivity contribution in [3.05, 3.63) is 11.7 Å². The second-order valence-electron chi connectivity index (χ2n) is 3.22. The molecule has 17 heavy (non-hydrogen) atoms. The van der Waals surface area contributed by atoms with Crippen LogP contribution in [-0.4, -0.2) is 29.1 Å². The summed E-state index contributed by atoms with van der Waals surface area (Å²) in [4.78, 5) is 3.71. The van der Waals surface area contributed by atoms with Gasteiger partial charge < -0.3 is 9.26 Å². The maximum absolute atomic E-state index is 12.4. The van der Waals surface area contributed by atoms with Crippen molar-refractivity contribution in [3.8, 4) is 0 Å². The van der Waals surface area contributed by atoms with Crippen molar-refractivity contribution in [1.82, 2.24) is 10.1 Å². The summed E-state index contributed by atoms with van der Waals surface area (Å²) in [6.45, 7) is -0.287. The fourth-order valence-corrected chi connectivity index (χ4v) is 0.918. The molecular formula is C8H9ClF4N2O2. The molecule has 1 aromatic rings. The molecule has 4 nitrogen and oxygen atoms in total. The summed E-state index contributed by atoms with van der Waals surface area (Å²) in [6, 6.07) is 0. The number of aromatic nitrogens is 2. The van der Waals surface area contributed by atoms with Crippen LogP contribution >= 0.6 is 11.6 Å². The van der Waals surface area contributed by atoms with E-state index in [1.54, 1.807) is 6.92 Å². The number of alkyl halides is 5. The SMILES string of the molecule is CC(Cl)c1nc(COCC(F)(F)C(F)F)no1. The lowest BCUT2D eigenvalue weighted by atomic mass is 10.4. The maximum Gasteiger partial charge on any atom is 0.330 e. The molecule has 0 fully saturated rings. The zero-order valence-corrected chi connectivity index (χ0v) is 9.43. The maximum atomic E-state index is 12.4. The molecule has 1 rings (SSSR count). The minimum Gasteiger partial charge on any atom is -0.367 e. The predicted octanol–water partition coefficient (Wildman–Crippen LogP) is 2.79. The van der Waals surface area contributed by atoms with Crippen molar-refractivity contribution in [2.24, 2.45) is 0 Å². The van der Waals surface area contributed by atoms with Crippen LogP contribution in [0, 0.1) is 0 Å². The first-order chi connectivity index (χ1) is 7.83. The Hall–Kier alpha value is -0.890. The molecule has 1 aromatic heterocycles. The van der Waals surface area contributed by atoms with Gasteiger partial charge in [-0.2, -0.15) is 13.8 Å². The lowest BCUT2D eigenvalue weighted by Crippen LogP contribution is -2.32. The number of hydrogen-bond acceptors (Lipinski definition) is 4. The van der Waals surface area contributed by atoms with Crippen LogP contribution in [0.2, 0.25) is 0 Å². The third kappa shape index (κ3) is 4.12. The first kappa shape index (κ1) is 14.2. The summed E-state index contributed by atoms with van der Waals surface area (Å²) in [5.41, 5.74) is 0. The minimum atomic E-state index is -4.19. The van der Waals surface area contributed by atoms with Crippen LogP contribution in [0.5, 0.6) is 0 Å². The highest BCUT2D eigenvalue weighted by molar-refractivity contribution is 6.20. The Labute approximate surface area is 98.9 Å². The van der Waals surface area contributed by atoms with Gasteiger partial charge in [-0.25, -0.2) is 8.78 Å². The summed E-state index contributed by atoms with van der Waals surface area (Å²) in [5, 5.41) is 2.84. The Balaban J connectivity index is 2.41. The Morgan fingerprint density at radius 3 is 2.59 bits per heavy atom. The van der Waals surface area contributed by atoms with Crippen LogP contribution in [0.3, 0.4) is 0 Å². The van der Waals surface area contributed by atoms with Gasteiger partial charge >= 0.3 is 12.3 Å². The van der Waals surface area contributed by atoms with Gasteiger partial charge in [-0.05, 0) is 6.92 Å². The Kier molecular flexibility index (Phi) is 4.70. The van der Waals surface area contributed by atoms with E-state index in [2.05, 4.69) is 19.4 Å². The molecule has 0 aromatic carbocycles. The quantitative estimate of drug-likeness (QED) is 0.592. The molecule has 0 radical (unpaired) electrons. The first-order valence-corrected chi connectivity index (χ1v) is 4.97. The van der Waals surface area contributed by atoms with Crippen LogP contribution in [0.25, 0.3) is 0 Å². The van der Waals surface area contributed by atoms with E-state index < -0.39 is 30.9 Å². The number of rotatable bonds is 6. The largest absolute Gasteiger partial charge is 0.367 e. The van der Waals surface area contributed by atoms with E-state index in [9.17, 15) is 17.6 Å². The van der Waals surface area contributed by atoms with Crippen LogP contribution in [0.1, 0.15) is 24.0 Å². The molecule has 0 saturated heterocycles. The first-order valence-electron chi connectivity index (χ1n) is 4.53. The van der Waals surface area contributed by atoms with Crippen molar-refractivity contribution in [1.29, 1.82) is 0 Å². The highest BCUT2D eigenvalue weighted by Crippen LogP contribution is 2.23. The van der Waals surface area contributed by atoms with Gasteiger partial charge in [0.15, 0.2) is 5.82 Å². The standard InChI is InChI=1S/C8H9ClF4N2O2/c1-4(9)6-14-5(15-17-6)2-16-3-8(12,13)7(10)11/h4,7H,2-3H2,1H3. The Morgan fingerprint density at radius 2 is 2.12 bits per heavy atom. The van der Waals surface area contributed by atoms with E-state index in [4.69, 9.17) is 11.6 Å². The van der Waals surface area contributed by atoms with Gasteiger partial charge in [-0.3, -0.25) is 0 Å². The van der Waals surface area contributed by atoms with E-state index >= 15 is 0 Å². The monoisotopic (exact) mass is 276 g/mol. The van der Waals surface area contributed by atoms with E-state index in [1.807, 2.05) is 0 Å². The van der Waals surface area contributed by atoms with Crippen LogP contribution in [-0.2, 0) is 11.3 Å². The Bertz CT molecular complexity index is 359. The van der Waals surface area contributed by atoms with Crippen molar-refractivity contribution < 1.29 is 26.8 Å². The van der Waals surface area contributed by atoms with Gasteiger partial charge in [-0.1, -0.05) is 5.16 Å². The van der Waals surface area contributed by atoms with Crippen molar-refractivity contribution in [2.75, 3.05) is 6.61 Å². The number of ether oxygens (including phenoxy) is 1.